The number of hydrogen-bond acceptors (Lipinski definition) is 4. The summed E-state index contributed by atoms with van der Waals surface area (Å²) in [4.78, 5) is 33.5. The lowest BCUT2D eigenvalue weighted by atomic mass is 10.0. The van der Waals surface area contributed by atoms with E-state index in [1.807, 2.05) is 24.3 Å². The molecule has 134 valence electrons. The number of aromatic nitrogens is 2. The number of rotatable bonds is 5. The maximum absolute atomic E-state index is 12.4. The minimum absolute atomic E-state index is 0.102. The van der Waals surface area contributed by atoms with Gasteiger partial charge in [0.2, 0.25) is 5.91 Å². The average molecular weight is 344 g/mol. The van der Waals surface area contributed by atoms with Crippen molar-refractivity contribution in [3.63, 3.8) is 0 Å². The number of amides is 2. The van der Waals surface area contributed by atoms with Crippen LogP contribution in [0.2, 0.25) is 0 Å². The first-order chi connectivity index (χ1) is 12.2. The molecule has 2 amide bonds. The fourth-order valence-electron chi connectivity index (χ4n) is 3.25. The fraction of sp³-hybridized carbons (Fsp3) is 0.500. The van der Waals surface area contributed by atoms with Crippen molar-refractivity contribution >= 4 is 23.0 Å². The van der Waals surface area contributed by atoms with Crippen LogP contribution in [0.25, 0.3) is 11.0 Å². The lowest BCUT2D eigenvalue weighted by Gasteiger charge is -2.33. The Labute approximate surface area is 146 Å². The lowest BCUT2D eigenvalue weighted by Crippen LogP contribution is -2.52. The average Bonchev–Trinajstić information content (AvgIpc) is 3.07. The molecule has 0 radical (unpaired) electrons. The number of carbonyl (C=O) groups excluding carboxylic acids is 2. The summed E-state index contributed by atoms with van der Waals surface area (Å²) >= 11 is 0. The van der Waals surface area contributed by atoms with E-state index >= 15 is 0 Å². The van der Waals surface area contributed by atoms with E-state index < -0.39 is 12.1 Å². The first-order valence-corrected chi connectivity index (χ1v) is 8.75. The summed E-state index contributed by atoms with van der Waals surface area (Å²) in [5.41, 5.74) is 1.98. The number of H-pyrrole nitrogens is 1. The highest BCUT2D eigenvalue weighted by Crippen LogP contribution is 2.18. The number of fused-ring (bicyclic) bond motifs is 1. The molecule has 2 aromatic rings. The first kappa shape index (κ1) is 17.3. The zero-order valence-electron chi connectivity index (χ0n) is 14.5. The van der Waals surface area contributed by atoms with Crippen molar-refractivity contribution in [3.8, 4) is 0 Å². The number of benzene rings is 1. The summed E-state index contributed by atoms with van der Waals surface area (Å²) in [6.07, 6.45) is 3.67. The number of piperidine rings is 1. The number of para-hydroxylation sites is 2. The molecule has 1 atom stereocenters. The fourth-order valence-corrected chi connectivity index (χ4v) is 3.25. The van der Waals surface area contributed by atoms with E-state index in [1.54, 1.807) is 0 Å². The normalized spacial score (nSPS) is 17.5. The molecule has 1 aliphatic heterocycles. The number of aryl methyl sites for hydroxylation is 1. The molecule has 1 fully saturated rings. The summed E-state index contributed by atoms with van der Waals surface area (Å²) in [6.45, 7) is 1.13. The number of carbonyl (C=O) groups is 2. The Morgan fingerprint density at radius 1 is 1.36 bits per heavy atom. The van der Waals surface area contributed by atoms with Crippen LogP contribution in [0.1, 0.15) is 31.5 Å². The van der Waals surface area contributed by atoms with Gasteiger partial charge in [-0.25, -0.2) is 9.78 Å². The van der Waals surface area contributed by atoms with E-state index in [1.165, 1.54) is 12.0 Å². The van der Waals surface area contributed by atoms with E-state index in [0.717, 1.165) is 42.5 Å². The number of likely N-dealkylation sites (tertiary alicyclic amines) is 1. The predicted molar refractivity (Wildman–Crippen MR) is 94.2 cm³/mol. The molecule has 0 aliphatic carbocycles. The highest BCUT2D eigenvalue weighted by Gasteiger charge is 2.32. The number of nitrogens with one attached hydrogen (secondary N) is 2. The van der Waals surface area contributed by atoms with E-state index in [-0.39, 0.29) is 5.91 Å². The zero-order chi connectivity index (χ0) is 17.6. The van der Waals surface area contributed by atoms with Gasteiger partial charge >= 0.3 is 6.09 Å². The molecular formula is C18H24N4O3. The van der Waals surface area contributed by atoms with Crippen molar-refractivity contribution in [1.29, 1.82) is 0 Å². The Balaban J connectivity index is 1.47. The number of aromatic amines is 1. The molecule has 0 spiro atoms. The van der Waals surface area contributed by atoms with Gasteiger partial charge in [0, 0.05) is 19.5 Å². The Hall–Kier alpha value is -2.57. The van der Waals surface area contributed by atoms with Crippen LogP contribution in [0, 0.1) is 0 Å². The molecule has 1 aromatic heterocycles. The highest BCUT2D eigenvalue weighted by molar-refractivity contribution is 5.85. The second-order valence-corrected chi connectivity index (χ2v) is 6.27. The van der Waals surface area contributed by atoms with Crippen molar-refractivity contribution < 1.29 is 14.3 Å². The van der Waals surface area contributed by atoms with Gasteiger partial charge in [-0.15, -0.1) is 0 Å². The van der Waals surface area contributed by atoms with Gasteiger partial charge in [-0.2, -0.15) is 0 Å². The van der Waals surface area contributed by atoms with Crippen LogP contribution < -0.4 is 5.32 Å². The number of methoxy groups -OCH3 is 1. The topological polar surface area (TPSA) is 87.3 Å². The van der Waals surface area contributed by atoms with Crippen LogP contribution in [-0.2, 0) is 16.0 Å². The van der Waals surface area contributed by atoms with Gasteiger partial charge in [0.1, 0.15) is 11.9 Å². The van der Waals surface area contributed by atoms with Gasteiger partial charge in [0.25, 0.3) is 0 Å². The van der Waals surface area contributed by atoms with Crippen LogP contribution >= 0.6 is 0 Å². The smallest absolute Gasteiger partial charge is 0.410 e. The number of nitrogens with zero attached hydrogens (tertiary/aromatic N) is 2. The maximum Gasteiger partial charge on any atom is 0.410 e. The minimum atomic E-state index is -0.429. The summed E-state index contributed by atoms with van der Waals surface area (Å²) in [6, 6.07) is 7.48. The maximum atomic E-state index is 12.4. The Morgan fingerprint density at radius 2 is 2.20 bits per heavy atom. The molecule has 0 saturated carbocycles. The quantitative estimate of drug-likeness (QED) is 0.814. The zero-order valence-corrected chi connectivity index (χ0v) is 14.5. The van der Waals surface area contributed by atoms with E-state index in [4.69, 9.17) is 4.74 Å². The predicted octanol–water partition coefficient (Wildman–Crippen LogP) is 2.23. The van der Waals surface area contributed by atoms with Gasteiger partial charge < -0.3 is 15.0 Å². The first-order valence-electron chi connectivity index (χ1n) is 8.75. The Morgan fingerprint density at radius 3 is 3.00 bits per heavy atom. The molecule has 2 N–H and O–H groups in total. The van der Waals surface area contributed by atoms with Crippen LogP contribution in [0.5, 0.6) is 0 Å². The van der Waals surface area contributed by atoms with Crippen LogP contribution in [0.15, 0.2) is 24.3 Å². The molecule has 3 rings (SSSR count). The monoisotopic (exact) mass is 344 g/mol. The highest BCUT2D eigenvalue weighted by atomic mass is 16.5. The molecular weight excluding hydrogens is 320 g/mol. The SMILES string of the molecule is COC(=O)N1CCCCC1C(=O)NCCCc1nc2ccccc2[nH]1. The lowest BCUT2D eigenvalue weighted by molar-refractivity contribution is -0.126. The summed E-state index contributed by atoms with van der Waals surface area (Å²) < 4.78 is 4.78. The second kappa shape index (κ2) is 8.00. The third kappa shape index (κ3) is 4.10. The third-order valence-electron chi connectivity index (χ3n) is 4.54. The van der Waals surface area contributed by atoms with Crippen molar-refractivity contribution in [1.82, 2.24) is 20.2 Å². The third-order valence-corrected chi connectivity index (χ3v) is 4.54. The molecule has 1 saturated heterocycles. The van der Waals surface area contributed by atoms with Crippen molar-refractivity contribution in [3.05, 3.63) is 30.1 Å². The molecule has 7 heteroatoms. The van der Waals surface area contributed by atoms with Crippen molar-refractivity contribution in [2.24, 2.45) is 0 Å². The van der Waals surface area contributed by atoms with Gasteiger partial charge in [0.05, 0.1) is 18.1 Å². The molecule has 1 unspecified atom stereocenters. The van der Waals surface area contributed by atoms with Gasteiger partial charge in [-0.3, -0.25) is 9.69 Å². The molecule has 25 heavy (non-hydrogen) atoms. The number of hydrogen-bond donors (Lipinski definition) is 2. The van der Waals surface area contributed by atoms with Gasteiger partial charge in [-0.1, -0.05) is 12.1 Å². The van der Waals surface area contributed by atoms with E-state index in [9.17, 15) is 9.59 Å². The molecule has 7 nitrogen and oxygen atoms in total. The standard InChI is InChI=1S/C18H24N4O3/c1-25-18(24)22-12-5-4-9-15(22)17(23)19-11-6-10-16-20-13-7-2-3-8-14(13)21-16/h2-3,7-8,15H,4-6,9-12H2,1H3,(H,19,23)(H,20,21). The van der Waals surface area contributed by atoms with Crippen molar-refractivity contribution in [2.75, 3.05) is 20.2 Å². The number of imidazole rings is 1. The molecule has 2 heterocycles. The van der Waals surface area contributed by atoms with E-state index in [2.05, 4.69) is 15.3 Å². The number of ether oxygens (including phenoxy) is 1. The van der Waals surface area contributed by atoms with Crippen LogP contribution in [0.4, 0.5) is 4.79 Å². The summed E-state index contributed by atoms with van der Waals surface area (Å²) in [5, 5.41) is 2.94. The summed E-state index contributed by atoms with van der Waals surface area (Å²) in [5.74, 6) is 0.819. The van der Waals surface area contributed by atoms with Crippen LogP contribution in [-0.4, -0.2) is 53.1 Å². The largest absolute Gasteiger partial charge is 0.453 e. The minimum Gasteiger partial charge on any atom is -0.453 e. The van der Waals surface area contributed by atoms with Gasteiger partial charge in [0.15, 0.2) is 0 Å². The Bertz CT molecular complexity index is 710. The molecule has 1 aromatic carbocycles. The van der Waals surface area contributed by atoms with Crippen LogP contribution in [0.3, 0.4) is 0 Å². The van der Waals surface area contributed by atoms with E-state index in [0.29, 0.717) is 19.5 Å². The second-order valence-electron chi connectivity index (χ2n) is 6.27. The van der Waals surface area contributed by atoms with Gasteiger partial charge in [-0.05, 0) is 37.8 Å². The molecule has 1 aliphatic rings. The Kier molecular flexibility index (Phi) is 5.53. The molecule has 0 bridgehead atoms. The summed E-state index contributed by atoms with van der Waals surface area (Å²) in [7, 11) is 1.35. The van der Waals surface area contributed by atoms with Crippen molar-refractivity contribution in [2.45, 2.75) is 38.1 Å².